The molecule has 33 heavy (non-hydrogen) atoms. The molecule has 0 saturated carbocycles. The summed E-state index contributed by atoms with van der Waals surface area (Å²) in [4.78, 5) is 6.58. The van der Waals surface area contributed by atoms with Crippen molar-refractivity contribution in [2.24, 2.45) is 0 Å². The van der Waals surface area contributed by atoms with Crippen LogP contribution in [-0.4, -0.2) is 46.5 Å². The SMILES string of the molecule is COc1cc2c(C#N)nc(C)cc2cc1-c1ccc(N(C)C2CC(C)(C)NC(C)(C)C2)nn1. The van der Waals surface area contributed by atoms with Gasteiger partial charge in [0.15, 0.2) is 5.82 Å². The highest BCUT2D eigenvalue weighted by atomic mass is 16.5. The second-order valence-corrected chi connectivity index (χ2v) is 10.3. The molecule has 172 valence electrons. The number of nitrogens with zero attached hydrogens (tertiary/aromatic N) is 5. The van der Waals surface area contributed by atoms with E-state index in [0.717, 1.165) is 46.4 Å². The number of piperidine rings is 1. The second-order valence-electron chi connectivity index (χ2n) is 10.3. The Morgan fingerprint density at radius 3 is 2.36 bits per heavy atom. The molecule has 0 radical (unpaired) electrons. The lowest BCUT2D eigenvalue weighted by Gasteiger charge is -2.49. The van der Waals surface area contributed by atoms with Gasteiger partial charge in [-0.2, -0.15) is 5.26 Å². The number of nitrogens with one attached hydrogen (secondary N) is 1. The van der Waals surface area contributed by atoms with Gasteiger partial charge >= 0.3 is 0 Å². The Kier molecular flexibility index (Phi) is 5.75. The van der Waals surface area contributed by atoms with Crippen molar-refractivity contribution in [2.75, 3.05) is 19.1 Å². The van der Waals surface area contributed by atoms with Crippen LogP contribution in [0.15, 0.2) is 30.3 Å². The minimum Gasteiger partial charge on any atom is -0.496 e. The van der Waals surface area contributed by atoms with E-state index in [1.54, 1.807) is 7.11 Å². The van der Waals surface area contributed by atoms with Crippen molar-refractivity contribution in [3.05, 3.63) is 41.7 Å². The van der Waals surface area contributed by atoms with Gasteiger partial charge in [0.2, 0.25) is 0 Å². The molecule has 0 unspecified atom stereocenters. The van der Waals surface area contributed by atoms with Crippen LogP contribution in [0.3, 0.4) is 0 Å². The Hall–Kier alpha value is -3.24. The maximum absolute atomic E-state index is 9.48. The Labute approximate surface area is 195 Å². The van der Waals surface area contributed by atoms with E-state index in [1.165, 1.54) is 0 Å². The van der Waals surface area contributed by atoms with Crippen molar-refractivity contribution >= 4 is 16.6 Å². The molecule has 0 amide bonds. The normalized spacial score (nSPS) is 17.5. The molecule has 2 aromatic heterocycles. The van der Waals surface area contributed by atoms with Crippen LogP contribution in [0.1, 0.15) is 51.9 Å². The first-order chi connectivity index (χ1) is 15.5. The molecule has 1 fully saturated rings. The quantitative estimate of drug-likeness (QED) is 0.628. The van der Waals surface area contributed by atoms with E-state index >= 15 is 0 Å². The van der Waals surface area contributed by atoms with Crippen LogP contribution in [0.2, 0.25) is 0 Å². The van der Waals surface area contributed by atoms with Gasteiger partial charge in [-0.1, -0.05) is 0 Å². The number of hydrogen-bond acceptors (Lipinski definition) is 7. The monoisotopic (exact) mass is 444 g/mol. The van der Waals surface area contributed by atoms with Crippen LogP contribution in [0, 0.1) is 18.3 Å². The van der Waals surface area contributed by atoms with Gasteiger partial charge in [0.1, 0.15) is 17.5 Å². The molecule has 3 heterocycles. The van der Waals surface area contributed by atoms with Crippen molar-refractivity contribution in [3.8, 4) is 23.1 Å². The average Bonchev–Trinajstić information content (AvgIpc) is 2.75. The number of anilines is 1. The molecule has 1 aromatic carbocycles. The minimum absolute atomic E-state index is 0.0573. The van der Waals surface area contributed by atoms with Gasteiger partial charge in [0.05, 0.1) is 12.8 Å². The first kappa shape index (κ1) is 22.9. The molecule has 1 aliphatic rings. The number of benzene rings is 1. The third kappa shape index (κ3) is 4.62. The van der Waals surface area contributed by atoms with Gasteiger partial charge in [-0.05, 0) is 83.2 Å². The molecule has 0 atom stereocenters. The first-order valence-corrected chi connectivity index (χ1v) is 11.3. The molecule has 3 aromatic rings. The lowest BCUT2D eigenvalue weighted by molar-refractivity contribution is 0.160. The Morgan fingerprint density at radius 1 is 1.09 bits per heavy atom. The summed E-state index contributed by atoms with van der Waals surface area (Å²) in [6.07, 6.45) is 2.06. The van der Waals surface area contributed by atoms with Gasteiger partial charge < -0.3 is 15.0 Å². The van der Waals surface area contributed by atoms with Crippen molar-refractivity contribution in [1.29, 1.82) is 5.26 Å². The van der Waals surface area contributed by atoms with E-state index < -0.39 is 0 Å². The maximum Gasteiger partial charge on any atom is 0.151 e. The van der Waals surface area contributed by atoms with E-state index in [0.29, 0.717) is 17.5 Å². The number of aromatic nitrogens is 3. The van der Waals surface area contributed by atoms with Crippen LogP contribution >= 0.6 is 0 Å². The number of pyridine rings is 1. The summed E-state index contributed by atoms with van der Waals surface area (Å²) in [7, 11) is 3.72. The number of nitriles is 1. The van der Waals surface area contributed by atoms with E-state index in [-0.39, 0.29) is 11.1 Å². The number of fused-ring (bicyclic) bond motifs is 1. The van der Waals surface area contributed by atoms with Gasteiger partial charge in [0, 0.05) is 40.8 Å². The highest BCUT2D eigenvalue weighted by Crippen LogP contribution is 2.36. The number of aryl methyl sites for hydroxylation is 1. The van der Waals surface area contributed by atoms with Crippen molar-refractivity contribution in [2.45, 2.75) is 64.6 Å². The Morgan fingerprint density at radius 2 is 1.79 bits per heavy atom. The largest absolute Gasteiger partial charge is 0.496 e. The van der Waals surface area contributed by atoms with E-state index in [4.69, 9.17) is 4.74 Å². The molecule has 1 N–H and O–H groups in total. The number of hydrogen-bond donors (Lipinski definition) is 1. The maximum atomic E-state index is 9.48. The third-order valence-corrected chi connectivity index (χ3v) is 6.39. The minimum atomic E-state index is 0.0573. The van der Waals surface area contributed by atoms with E-state index in [2.05, 4.69) is 66.2 Å². The molecule has 0 bridgehead atoms. The predicted octanol–water partition coefficient (Wildman–Crippen LogP) is 4.63. The zero-order chi connectivity index (χ0) is 24.0. The number of methoxy groups -OCH3 is 1. The lowest BCUT2D eigenvalue weighted by Crippen LogP contribution is -2.62. The number of rotatable bonds is 4. The van der Waals surface area contributed by atoms with Crippen molar-refractivity contribution in [3.63, 3.8) is 0 Å². The zero-order valence-electron chi connectivity index (χ0n) is 20.5. The van der Waals surface area contributed by atoms with Crippen LogP contribution in [0.4, 0.5) is 5.82 Å². The summed E-state index contributed by atoms with van der Waals surface area (Å²) in [5.74, 6) is 1.49. The molecule has 0 aliphatic carbocycles. The lowest BCUT2D eigenvalue weighted by atomic mass is 9.79. The fourth-order valence-electron chi connectivity index (χ4n) is 5.26. The Balaban J connectivity index is 1.68. The molecular formula is C26H32N6O. The van der Waals surface area contributed by atoms with Gasteiger partial charge in [-0.3, -0.25) is 0 Å². The summed E-state index contributed by atoms with van der Waals surface area (Å²) in [6, 6.07) is 12.4. The summed E-state index contributed by atoms with van der Waals surface area (Å²) in [5.41, 5.74) is 2.87. The highest BCUT2D eigenvalue weighted by molar-refractivity contribution is 5.93. The molecule has 1 saturated heterocycles. The summed E-state index contributed by atoms with van der Waals surface area (Å²) in [6.45, 7) is 10.9. The van der Waals surface area contributed by atoms with Crippen LogP contribution in [0.25, 0.3) is 22.0 Å². The topological polar surface area (TPSA) is 87.0 Å². The van der Waals surface area contributed by atoms with Gasteiger partial charge in [-0.15, -0.1) is 10.2 Å². The smallest absolute Gasteiger partial charge is 0.151 e. The van der Waals surface area contributed by atoms with Crippen LogP contribution in [-0.2, 0) is 0 Å². The first-order valence-electron chi connectivity index (χ1n) is 11.3. The van der Waals surface area contributed by atoms with Crippen molar-refractivity contribution in [1.82, 2.24) is 20.5 Å². The second kappa shape index (κ2) is 8.27. The van der Waals surface area contributed by atoms with Crippen LogP contribution < -0.4 is 15.0 Å². The molecule has 4 rings (SSSR count). The van der Waals surface area contributed by atoms with Crippen LogP contribution in [0.5, 0.6) is 5.75 Å². The summed E-state index contributed by atoms with van der Waals surface area (Å²) >= 11 is 0. The van der Waals surface area contributed by atoms with Gasteiger partial charge in [0.25, 0.3) is 0 Å². The molecule has 7 nitrogen and oxygen atoms in total. The molecule has 1 aliphatic heterocycles. The third-order valence-electron chi connectivity index (χ3n) is 6.39. The molecule has 0 spiro atoms. The summed E-state index contributed by atoms with van der Waals surface area (Å²) < 4.78 is 5.63. The summed E-state index contributed by atoms with van der Waals surface area (Å²) in [5, 5.41) is 24.0. The fraction of sp³-hybridized carbons (Fsp3) is 0.462. The Bertz CT molecular complexity index is 1210. The van der Waals surface area contributed by atoms with E-state index in [1.807, 2.05) is 37.3 Å². The highest BCUT2D eigenvalue weighted by Gasteiger charge is 2.39. The van der Waals surface area contributed by atoms with Gasteiger partial charge in [-0.25, -0.2) is 4.98 Å². The fourth-order valence-corrected chi connectivity index (χ4v) is 5.26. The standard InChI is InChI=1S/C26H32N6O/c1-16-10-17-11-20(23(33-7)12-19(17)22(15-27)28-16)21-8-9-24(30-29-21)32(6)18-13-25(2,3)31-26(4,5)14-18/h8-12,18,31H,13-14H2,1-7H3. The zero-order valence-corrected chi connectivity index (χ0v) is 20.5. The molecular weight excluding hydrogens is 412 g/mol. The average molecular weight is 445 g/mol. The van der Waals surface area contributed by atoms with E-state index in [9.17, 15) is 5.26 Å². The number of ether oxygens (including phenoxy) is 1. The van der Waals surface area contributed by atoms with Crippen molar-refractivity contribution < 1.29 is 4.74 Å². The molecule has 7 heteroatoms. The predicted molar refractivity (Wildman–Crippen MR) is 131 cm³/mol.